The van der Waals surface area contributed by atoms with Crippen LogP contribution in [0.5, 0.6) is 11.5 Å². The van der Waals surface area contributed by atoms with Crippen LogP contribution < -0.4 is 15.2 Å². The Bertz CT molecular complexity index is 760. The highest BCUT2D eigenvalue weighted by molar-refractivity contribution is 5.88. The number of anilines is 1. The third kappa shape index (κ3) is 2.52. The summed E-state index contributed by atoms with van der Waals surface area (Å²) in [4.78, 5) is 0. The fourth-order valence-corrected chi connectivity index (χ4v) is 2.43. The Balaban J connectivity index is 1.91. The topological polar surface area (TPSA) is 67.2 Å². The molecule has 110 valence electrons. The molecule has 3 aromatic rings. The number of hydrogen-bond donors (Lipinski definition) is 1. The van der Waals surface area contributed by atoms with Crippen LogP contribution in [0.4, 0.5) is 5.69 Å². The number of hydrogen-bond acceptors (Lipinski definition) is 4. The van der Waals surface area contributed by atoms with Crippen LogP contribution in [0.1, 0.15) is 0 Å². The number of nitrogens with two attached hydrogens (primary N) is 1. The third-order valence-electron chi connectivity index (χ3n) is 3.50. The summed E-state index contributed by atoms with van der Waals surface area (Å²) < 4.78 is 14.7. The molecule has 0 aliphatic heterocycles. The Morgan fingerprint density at radius 3 is 2.71 bits per heavy atom. The monoisotopic (exact) mass is 286 g/mol. The first-order chi connectivity index (χ1) is 10.2. The Kier molecular flexibility index (Phi) is 3.43. The molecule has 0 radical (unpaired) electrons. The van der Waals surface area contributed by atoms with E-state index in [0.29, 0.717) is 5.69 Å². The van der Waals surface area contributed by atoms with Crippen molar-refractivity contribution in [2.45, 2.75) is 13.1 Å². The molecular formula is C15H18N4O2. The predicted molar refractivity (Wildman–Crippen MR) is 81.7 cm³/mol. The van der Waals surface area contributed by atoms with E-state index in [2.05, 4.69) is 9.67 Å². The van der Waals surface area contributed by atoms with Gasteiger partial charge in [-0.25, -0.2) is 0 Å². The van der Waals surface area contributed by atoms with Gasteiger partial charge in [-0.3, -0.25) is 4.68 Å². The largest absolute Gasteiger partial charge is 0.497 e. The van der Waals surface area contributed by atoms with Crippen molar-refractivity contribution in [3.63, 3.8) is 0 Å². The second-order valence-corrected chi connectivity index (χ2v) is 4.81. The van der Waals surface area contributed by atoms with Gasteiger partial charge < -0.3 is 19.8 Å². The molecule has 0 aliphatic rings. The number of aromatic nitrogens is 3. The molecule has 0 saturated carbocycles. The van der Waals surface area contributed by atoms with Crippen molar-refractivity contribution < 1.29 is 9.47 Å². The van der Waals surface area contributed by atoms with Crippen molar-refractivity contribution in [3.8, 4) is 11.5 Å². The number of methoxy groups -OCH3 is 2. The molecule has 0 unspecified atom stereocenters. The van der Waals surface area contributed by atoms with Crippen molar-refractivity contribution >= 4 is 16.6 Å². The third-order valence-corrected chi connectivity index (χ3v) is 3.50. The minimum Gasteiger partial charge on any atom is -0.497 e. The highest BCUT2D eigenvalue weighted by atomic mass is 16.5. The maximum Gasteiger partial charge on any atom is 0.131 e. The van der Waals surface area contributed by atoms with E-state index < -0.39 is 0 Å². The Labute approximate surface area is 122 Å². The van der Waals surface area contributed by atoms with Crippen LogP contribution in [-0.4, -0.2) is 28.6 Å². The summed E-state index contributed by atoms with van der Waals surface area (Å²) in [5.41, 5.74) is 7.42. The molecule has 0 amide bonds. The summed E-state index contributed by atoms with van der Waals surface area (Å²) in [6.07, 6.45) is 5.52. The van der Waals surface area contributed by atoms with E-state index in [1.807, 2.05) is 35.3 Å². The fraction of sp³-hybridized carbons (Fsp3) is 0.267. The number of ether oxygens (including phenoxy) is 2. The van der Waals surface area contributed by atoms with Crippen LogP contribution in [-0.2, 0) is 13.1 Å². The molecule has 21 heavy (non-hydrogen) atoms. The summed E-state index contributed by atoms with van der Waals surface area (Å²) in [6, 6.07) is 5.95. The summed E-state index contributed by atoms with van der Waals surface area (Å²) in [7, 11) is 3.32. The average molecular weight is 286 g/mol. The number of nitrogen functional groups attached to an aromatic ring is 1. The van der Waals surface area contributed by atoms with Crippen LogP contribution in [0.25, 0.3) is 10.9 Å². The van der Waals surface area contributed by atoms with Crippen molar-refractivity contribution in [1.82, 2.24) is 14.3 Å². The normalized spacial score (nSPS) is 11.0. The fourth-order valence-electron chi connectivity index (χ4n) is 2.43. The van der Waals surface area contributed by atoms with Gasteiger partial charge in [-0.15, -0.1) is 0 Å². The van der Waals surface area contributed by atoms with Crippen molar-refractivity contribution in [2.75, 3.05) is 20.0 Å². The molecule has 0 spiro atoms. The van der Waals surface area contributed by atoms with E-state index in [9.17, 15) is 0 Å². The minimum atomic E-state index is 0.677. The standard InChI is InChI=1S/C15H18N4O2/c1-20-12-7-14-13(15(8-12)21-2)3-4-18(14)5-6-19-10-11(16)9-17-19/h3-4,7-10H,5-6,16H2,1-2H3. The molecule has 0 saturated heterocycles. The van der Waals surface area contributed by atoms with E-state index in [0.717, 1.165) is 35.5 Å². The minimum absolute atomic E-state index is 0.677. The maximum absolute atomic E-state index is 5.67. The second-order valence-electron chi connectivity index (χ2n) is 4.81. The van der Waals surface area contributed by atoms with Gasteiger partial charge in [0.25, 0.3) is 0 Å². The number of fused-ring (bicyclic) bond motifs is 1. The van der Waals surface area contributed by atoms with Gasteiger partial charge in [0.05, 0.1) is 38.2 Å². The molecular weight excluding hydrogens is 268 g/mol. The summed E-state index contributed by atoms with van der Waals surface area (Å²) in [5.74, 6) is 1.59. The lowest BCUT2D eigenvalue weighted by Gasteiger charge is -2.09. The van der Waals surface area contributed by atoms with Gasteiger partial charge in [0.1, 0.15) is 11.5 Å². The van der Waals surface area contributed by atoms with E-state index in [1.165, 1.54) is 0 Å². The molecule has 2 aromatic heterocycles. The highest BCUT2D eigenvalue weighted by Gasteiger charge is 2.09. The van der Waals surface area contributed by atoms with Crippen LogP contribution in [0.15, 0.2) is 36.8 Å². The molecule has 2 heterocycles. The van der Waals surface area contributed by atoms with Gasteiger partial charge in [0.15, 0.2) is 0 Å². The average Bonchev–Trinajstić information content (AvgIpc) is 3.10. The lowest BCUT2D eigenvalue weighted by molar-refractivity contribution is 0.397. The van der Waals surface area contributed by atoms with Gasteiger partial charge in [0.2, 0.25) is 0 Å². The lowest BCUT2D eigenvalue weighted by atomic mass is 10.2. The Morgan fingerprint density at radius 2 is 2.05 bits per heavy atom. The van der Waals surface area contributed by atoms with Gasteiger partial charge >= 0.3 is 0 Å². The summed E-state index contributed by atoms with van der Waals surface area (Å²) in [6.45, 7) is 1.54. The molecule has 2 N–H and O–H groups in total. The van der Waals surface area contributed by atoms with Crippen LogP contribution >= 0.6 is 0 Å². The second kappa shape index (κ2) is 5.40. The summed E-state index contributed by atoms with van der Waals surface area (Å²) >= 11 is 0. The van der Waals surface area contributed by atoms with E-state index in [4.69, 9.17) is 15.2 Å². The first-order valence-corrected chi connectivity index (χ1v) is 6.70. The van der Waals surface area contributed by atoms with E-state index in [1.54, 1.807) is 20.4 Å². The first-order valence-electron chi connectivity index (χ1n) is 6.70. The van der Waals surface area contributed by atoms with E-state index in [-0.39, 0.29) is 0 Å². The number of nitrogens with zero attached hydrogens (tertiary/aromatic N) is 3. The predicted octanol–water partition coefficient (Wildman–Crippen LogP) is 2.14. The van der Waals surface area contributed by atoms with Gasteiger partial charge in [-0.1, -0.05) is 0 Å². The smallest absolute Gasteiger partial charge is 0.131 e. The van der Waals surface area contributed by atoms with Crippen LogP contribution in [0.2, 0.25) is 0 Å². The molecule has 1 aromatic carbocycles. The molecule has 3 rings (SSSR count). The molecule has 6 nitrogen and oxygen atoms in total. The number of aryl methyl sites for hydroxylation is 2. The van der Waals surface area contributed by atoms with Gasteiger partial charge in [-0.05, 0) is 6.07 Å². The zero-order valence-corrected chi connectivity index (χ0v) is 12.1. The zero-order valence-electron chi connectivity index (χ0n) is 12.1. The first kappa shape index (κ1) is 13.4. The van der Waals surface area contributed by atoms with Crippen molar-refractivity contribution in [2.24, 2.45) is 0 Å². The van der Waals surface area contributed by atoms with Crippen molar-refractivity contribution in [1.29, 1.82) is 0 Å². The molecule has 6 heteroatoms. The Morgan fingerprint density at radius 1 is 1.19 bits per heavy atom. The van der Waals surface area contributed by atoms with Crippen molar-refractivity contribution in [3.05, 3.63) is 36.8 Å². The van der Waals surface area contributed by atoms with Crippen LogP contribution in [0, 0.1) is 0 Å². The molecule has 0 aliphatic carbocycles. The zero-order chi connectivity index (χ0) is 14.8. The van der Waals surface area contributed by atoms with E-state index >= 15 is 0 Å². The number of benzene rings is 1. The lowest BCUT2D eigenvalue weighted by Crippen LogP contribution is -2.07. The highest BCUT2D eigenvalue weighted by Crippen LogP contribution is 2.31. The quantitative estimate of drug-likeness (QED) is 0.780. The SMILES string of the molecule is COc1cc(OC)c2ccn(CCn3cc(N)cn3)c2c1. The molecule has 0 bridgehead atoms. The van der Waals surface area contributed by atoms with Crippen LogP contribution in [0.3, 0.4) is 0 Å². The summed E-state index contributed by atoms with van der Waals surface area (Å²) in [5, 5.41) is 5.26. The Hall–Kier alpha value is -2.63. The maximum atomic E-state index is 5.67. The van der Waals surface area contributed by atoms with Gasteiger partial charge in [0, 0.05) is 36.5 Å². The molecule has 0 atom stereocenters. The van der Waals surface area contributed by atoms with Gasteiger partial charge in [-0.2, -0.15) is 5.10 Å². The number of rotatable bonds is 5. The molecule has 0 fully saturated rings.